The van der Waals surface area contributed by atoms with Gasteiger partial charge in [0.2, 0.25) is 5.88 Å². The molecule has 0 atom stereocenters. The molecule has 0 bridgehead atoms. The van der Waals surface area contributed by atoms with Gasteiger partial charge in [-0.25, -0.2) is 0 Å². The predicted octanol–water partition coefficient (Wildman–Crippen LogP) is 3.75. The van der Waals surface area contributed by atoms with Crippen molar-refractivity contribution in [2.75, 3.05) is 13.1 Å². The number of rotatable bonds is 6. The molecule has 5 nitrogen and oxygen atoms in total. The third kappa shape index (κ3) is 4.19. The largest absolute Gasteiger partial charge is 0.471 e. The van der Waals surface area contributed by atoms with Crippen molar-refractivity contribution in [1.29, 1.82) is 0 Å². The molecule has 1 fully saturated rings. The Kier molecular flexibility index (Phi) is 5.19. The lowest BCUT2D eigenvalue weighted by atomic mass is 10.2. The summed E-state index contributed by atoms with van der Waals surface area (Å²) in [6, 6.07) is 20.0. The first kappa shape index (κ1) is 17.3. The predicted molar refractivity (Wildman–Crippen MR) is 104 cm³/mol. The van der Waals surface area contributed by atoms with Gasteiger partial charge in [0.05, 0.1) is 6.54 Å². The molecule has 4 rings (SSSR count). The maximum absolute atomic E-state index is 12.9. The van der Waals surface area contributed by atoms with Crippen molar-refractivity contribution in [2.45, 2.75) is 26.0 Å². The van der Waals surface area contributed by atoms with Crippen LogP contribution in [0.2, 0.25) is 0 Å². The van der Waals surface area contributed by atoms with Gasteiger partial charge in [0.25, 0.3) is 5.91 Å². The molecule has 0 aliphatic carbocycles. The zero-order valence-electron chi connectivity index (χ0n) is 15.3. The van der Waals surface area contributed by atoms with E-state index in [0.29, 0.717) is 24.6 Å². The van der Waals surface area contributed by atoms with Gasteiger partial charge in [0.1, 0.15) is 12.2 Å². The van der Waals surface area contributed by atoms with Gasteiger partial charge in [-0.15, -0.1) is 5.10 Å². The fourth-order valence-electron chi connectivity index (χ4n) is 3.32. The van der Waals surface area contributed by atoms with Gasteiger partial charge in [-0.3, -0.25) is 9.48 Å². The molecule has 2 heterocycles. The van der Waals surface area contributed by atoms with Gasteiger partial charge < -0.3 is 9.64 Å². The highest BCUT2D eigenvalue weighted by Gasteiger charge is 2.25. The van der Waals surface area contributed by atoms with Gasteiger partial charge in [-0.1, -0.05) is 60.7 Å². The van der Waals surface area contributed by atoms with Crippen molar-refractivity contribution < 1.29 is 9.53 Å². The number of hydrogen-bond donors (Lipinski definition) is 0. The monoisotopic (exact) mass is 361 g/mol. The molecule has 1 aromatic heterocycles. The Morgan fingerprint density at radius 1 is 0.926 bits per heavy atom. The van der Waals surface area contributed by atoms with E-state index in [-0.39, 0.29) is 5.91 Å². The number of likely N-dealkylation sites (tertiary alicyclic amines) is 1. The molecule has 27 heavy (non-hydrogen) atoms. The van der Waals surface area contributed by atoms with E-state index in [2.05, 4.69) is 5.10 Å². The SMILES string of the molecule is O=C(c1cn(Cc2ccccc2)nc1OCc1ccccc1)N1CCCC1. The minimum Gasteiger partial charge on any atom is -0.471 e. The summed E-state index contributed by atoms with van der Waals surface area (Å²) in [5, 5.41) is 4.56. The van der Waals surface area contributed by atoms with Crippen molar-refractivity contribution in [3.05, 3.63) is 83.6 Å². The van der Waals surface area contributed by atoms with Gasteiger partial charge in [-0.2, -0.15) is 0 Å². The molecule has 5 heteroatoms. The molecular weight excluding hydrogens is 338 g/mol. The fourth-order valence-corrected chi connectivity index (χ4v) is 3.32. The second-order valence-electron chi connectivity index (χ2n) is 6.80. The lowest BCUT2D eigenvalue weighted by Gasteiger charge is -2.14. The van der Waals surface area contributed by atoms with Gasteiger partial charge in [0.15, 0.2) is 0 Å². The quantitative estimate of drug-likeness (QED) is 0.672. The molecule has 3 aromatic rings. The number of benzene rings is 2. The van der Waals surface area contributed by atoms with Crippen LogP contribution >= 0.6 is 0 Å². The van der Waals surface area contributed by atoms with Crippen molar-refractivity contribution in [1.82, 2.24) is 14.7 Å². The summed E-state index contributed by atoms with van der Waals surface area (Å²) in [7, 11) is 0. The molecule has 1 saturated heterocycles. The molecule has 0 radical (unpaired) electrons. The highest BCUT2D eigenvalue weighted by Crippen LogP contribution is 2.22. The number of ether oxygens (including phenoxy) is 1. The number of carbonyl (C=O) groups is 1. The number of aromatic nitrogens is 2. The van der Waals surface area contributed by atoms with Crippen molar-refractivity contribution in [3.8, 4) is 5.88 Å². The maximum Gasteiger partial charge on any atom is 0.260 e. The Bertz CT molecular complexity index is 884. The number of carbonyl (C=O) groups excluding carboxylic acids is 1. The number of hydrogen-bond acceptors (Lipinski definition) is 3. The zero-order chi connectivity index (χ0) is 18.5. The Labute approximate surface area is 159 Å². The Morgan fingerprint density at radius 2 is 1.56 bits per heavy atom. The van der Waals surface area contributed by atoms with Crippen LogP contribution in [0.15, 0.2) is 66.9 Å². The first-order valence-corrected chi connectivity index (χ1v) is 9.37. The Hall–Kier alpha value is -3.08. The van der Waals surface area contributed by atoms with Crippen LogP contribution in [-0.4, -0.2) is 33.7 Å². The van der Waals surface area contributed by atoms with E-state index in [0.717, 1.165) is 37.1 Å². The number of nitrogens with zero attached hydrogens (tertiary/aromatic N) is 3. The van der Waals surface area contributed by atoms with E-state index >= 15 is 0 Å². The van der Waals surface area contributed by atoms with E-state index in [1.54, 1.807) is 4.68 Å². The average Bonchev–Trinajstić information content (AvgIpc) is 3.38. The summed E-state index contributed by atoms with van der Waals surface area (Å²) in [6.45, 7) is 2.61. The number of amides is 1. The van der Waals surface area contributed by atoms with E-state index in [4.69, 9.17) is 4.74 Å². The summed E-state index contributed by atoms with van der Waals surface area (Å²) in [5.74, 6) is 0.418. The van der Waals surface area contributed by atoms with E-state index < -0.39 is 0 Å². The molecule has 1 amide bonds. The molecular formula is C22H23N3O2. The molecule has 0 N–H and O–H groups in total. The molecule has 2 aromatic carbocycles. The highest BCUT2D eigenvalue weighted by atomic mass is 16.5. The zero-order valence-corrected chi connectivity index (χ0v) is 15.3. The summed E-state index contributed by atoms with van der Waals surface area (Å²) in [6.07, 6.45) is 3.93. The van der Waals surface area contributed by atoms with Crippen LogP contribution in [0, 0.1) is 0 Å². The van der Waals surface area contributed by atoms with Crippen molar-refractivity contribution >= 4 is 5.91 Å². The van der Waals surface area contributed by atoms with Crippen LogP contribution in [0.5, 0.6) is 5.88 Å². The molecule has 0 unspecified atom stereocenters. The summed E-state index contributed by atoms with van der Waals surface area (Å²) in [4.78, 5) is 14.8. The van der Waals surface area contributed by atoms with Crippen LogP contribution in [0.25, 0.3) is 0 Å². The van der Waals surface area contributed by atoms with Gasteiger partial charge in [0, 0.05) is 19.3 Å². The van der Waals surface area contributed by atoms with Crippen molar-refractivity contribution in [2.24, 2.45) is 0 Å². The standard InChI is InChI=1S/C22H23N3O2/c26-22(24-13-7-8-14-24)20-16-25(15-18-9-3-1-4-10-18)23-21(20)27-17-19-11-5-2-6-12-19/h1-6,9-12,16H,7-8,13-15,17H2. The second kappa shape index (κ2) is 8.08. The first-order chi connectivity index (χ1) is 13.3. The Balaban J connectivity index is 1.57. The first-order valence-electron chi connectivity index (χ1n) is 9.37. The van der Waals surface area contributed by atoms with Crippen LogP contribution < -0.4 is 4.74 Å². The van der Waals surface area contributed by atoms with Crippen molar-refractivity contribution in [3.63, 3.8) is 0 Å². The fraction of sp³-hybridized carbons (Fsp3) is 0.273. The molecule has 1 aliphatic rings. The van der Waals surface area contributed by atoms with Gasteiger partial charge >= 0.3 is 0 Å². The third-order valence-electron chi connectivity index (χ3n) is 4.76. The molecule has 0 saturated carbocycles. The lowest BCUT2D eigenvalue weighted by Crippen LogP contribution is -2.27. The van der Waals surface area contributed by atoms with Crippen LogP contribution in [0.4, 0.5) is 0 Å². The topological polar surface area (TPSA) is 47.4 Å². The van der Waals surface area contributed by atoms with E-state index in [1.165, 1.54) is 0 Å². The normalized spacial score (nSPS) is 13.7. The summed E-state index contributed by atoms with van der Waals surface area (Å²) >= 11 is 0. The smallest absolute Gasteiger partial charge is 0.260 e. The third-order valence-corrected chi connectivity index (χ3v) is 4.76. The molecule has 1 aliphatic heterocycles. The van der Waals surface area contributed by atoms with Crippen LogP contribution in [0.3, 0.4) is 0 Å². The highest BCUT2D eigenvalue weighted by molar-refractivity contribution is 5.96. The minimum atomic E-state index is 0.00914. The Morgan fingerprint density at radius 3 is 2.22 bits per heavy atom. The lowest BCUT2D eigenvalue weighted by molar-refractivity contribution is 0.0788. The summed E-state index contributed by atoms with van der Waals surface area (Å²) < 4.78 is 7.73. The average molecular weight is 361 g/mol. The minimum absolute atomic E-state index is 0.00914. The summed E-state index contributed by atoms with van der Waals surface area (Å²) in [5.41, 5.74) is 2.73. The second-order valence-corrected chi connectivity index (χ2v) is 6.80. The van der Waals surface area contributed by atoms with Crippen LogP contribution in [0.1, 0.15) is 34.3 Å². The van der Waals surface area contributed by atoms with E-state index in [1.807, 2.05) is 71.8 Å². The van der Waals surface area contributed by atoms with E-state index in [9.17, 15) is 4.79 Å². The maximum atomic E-state index is 12.9. The molecule has 0 spiro atoms. The molecule has 138 valence electrons. The van der Waals surface area contributed by atoms with Crippen LogP contribution in [-0.2, 0) is 13.2 Å². The van der Waals surface area contributed by atoms with Gasteiger partial charge in [-0.05, 0) is 24.0 Å².